The number of morpholine rings is 2. The summed E-state index contributed by atoms with van der Waals surface area (Å²) in [4.78, 5) is 119. The monoisotopic (exact) mass is 1850 g/mol. The summed E-state index contributed by atoms with van der Waals surface area (Å²) in [5.41, 5.74) is 31.3. The molecule has 11 N–H and O–H groups in total. The number of allylic oxidation sites excluding steroid dienone is 5. The number of aliphatic imine (C=N–C) groups is 3. The number of nitrogens with zero attached hydrogens (tertiary/aromatic N) is 5. The summed E-state index contributed by atoms with van der Waals surface area (Å²) >= 11 is 3.26. The number of rotatable bonds is 8. The minimum Gasteiger partial charge on any atom is -0.443 e. The van der Waals surface area contributed by atoms with Crippen molar-refractivity contribution in [1.29, 1.82) is 0 Å². The Morgan fingerprint density at radius 2 is 0.728 bits per heavy atom. The van der Waals surface area contributed by atoms with Gasteiger partial charge in [0.05, 0.1) is 59.5 Å². The van der Waals surface area contributed by atoms with E-state index in [9.17, 15) is 38.4 Å². The number of hydrogen-bond donors (Lipinski definition) is 11. The second-order valence-corrected chi connectivity index (χ2v) is 36.7. The van der Waals surface area contributed by atoms with Crippen molar-refractivity contribution in [2.75, 3.05) is 37.8 Å². The molecular weight excluding hydrogens is 1750 g/mol. The average Bonchev–Trinajstić information content (AvgIpc) is 1.60. The Balaban J connectivity index is 0.000000108. The number of aromatic nitrogens is 3. The minimum atomic E-state index is -0.554. The third kappa shape index (κ3) is 22.3. The van der Waals surface area contributed by atoms with Crippen molar-refractivity contribution in [2.45, 2.75) is 111 Å². The maximum Gasteiger partial charge on any atom is 0.257 e. The molecule has 8 saturated heterocycles. The minimum absolute atomic E-state index is 0.0177. The predicted octanol–water partition coefficient (Wildman–Crippen LogP) is 15.8. The van der Waals surface area contributed by atoms with E-state index in [1.165, 1.54) is 56.5 Å². The highest BCUT2D eigenvalue weighted by Gasteiger charge is 2.35. The number of oxazole rings is 1. The zero-order valence-corrected chi connectivity index (χ0v) is 76.5. The molecule has 29 heteroatoms. The predicted molar refractivity (Wildman–Crippen MR) is 534 cm³/mol. The summed E-state index contributed by atoms with van der Waals surface area (Å²) in [6, 6.07) is 47.6. The number of hydrogen-bond acceptors (Lipinski definition) is 20. The number of benzene rings is 8. The number of piperazine rings is 2. The molecule has 136 heavy (non-hydrogen) atoms. The molecule has 10 aromatic rings. The number of H-pyrrole nitrogens is 1. The molecule has 688 valence electrons. The first kappa shape index (κ1) is 93.0. The molecule has 8 fully saturated rings. The molecule has 0 saturated carbocycles. The summed E-state index contributed by atoms with van der Waals surface area (Å²) < 4.78 is 16.2. The van der Waals surface area contributed by atoms with Gasteiger partial charge in [0.1, 0.15) is 28.1 Å². The van der Waals surface area contributed by atoms with Crippen LogP contribution in [-0.2, 0) is 86.4 Å². The summed E-state index contributed by atoms with van der Waals surface area (Å²) in [6.45, 7) is 31.9. The standard InChI is InChI=1S/C14H14N2O.C14H13NO2.C14H13NOS.2C13H13N3O.2C13H12N2O2.C13H12N2OS/c1-9-8-15-13(14(17)16-9)12-6-5-10-3-2-4-11(10)7-12;2*1-9-8-17-13(14(16)15-9)12-6-5-10-3-2-4-11(10)7-12;1-8-2-4-10(13(17)16-8)9-3-5-11-12(6-9)15-7-14-11;1-8-7-15-12(13(17)16-8)10-3-2-9-4-5-14-11(9)6-10;1-8-2-4-10(13(16)15-8)9-3-5-12-11(6-9)14-7-17-12;2*1-8-7-17-12(13(16)15-8)10-3-2-9-4-5-14-11(9)6-10/h2,4-7,13,15H,1,3,8H2,(H,16,17);2*2,4-7,13H,1,3,8H2,(H,15,16);3,5-7,10H,1-2,4H2,(H,14,15)(H,16,17);2-3,5-6,12,15H,1,4,7H2,(H,16,17);3,5-7,10H,1-2,4H2,(H,15,16);2*2-3,5-6,12H,1,4,7H2,(H,15,16). The molecule has 0 radical (unpaired) electrons. The molecule has 8 atom stereocenters. The van der Waals surface area contributed by atoms with Gasteiger partial charge >= 0.3 is 0 Å². The van der Waals surface area contributed by atoms with Gasteiger partial charge in [-0.1, -0.05) is 174 Å². The Morgan fingerprint density at radius 3 is 1.21 bits per heavy atom. The number of carbonyl (C=O) groups is 8. The fourth-order valence-corrected chi connectivity index (χ4v) is 19.5. The molecule has 0 spiro atoms. The van der Waals surface area contributed by atoms with E-state index in [1.807, 2.05) is 122 Å². The smallest absolute Gasteiger partial charge is 0.257 e. The van der Waals surface area contributed by atoms with Crippen molar-refractivity contribution in [3.63, 3.8) is 0 Å². The van der Waals surface area contributed by atoms with Gasteiger partial charge in [0, 0.05) is 108 Å². The lowest BCUT2D eigenvalue weighted by Gasteiger charge is -2.25. The van der Waals surface area contributed by atoms with Crippen LogP contribution in [0.5, 0.6) is 0 Å². The molecule has 14 aliphatic rings. The van der Waals surface area contributed by atoms with Crippen LogP contribution in [0.2, 0.25) is 0 Å². The molecule has 13 heterocycles. The number of fused-ring (bicyclic) bond motifs is 8. The van der Waals surface area contributed by atoms with Crippen molar-refractivity contribution in [1.82, 2.24) is 68.1 Å². The van der Waals surface area contributed by atoms with Crippen LogP contribution in [-0.4, -0.2) is 119 Å². The highest BCUT2D eigenvalue weighted by atomic mass is 32.2. The Morgan fingerprint density at radius 1 is 0.338 bits per heavy atom. The Kier molecular flexibility index (Phi) is 28.8. The lowest BCUT2D eigenvalue weighted by molar-refractivity contribution is -0.136. The van der Waals surface area contributed by atoms with Gasteiger partial charge in [0.15, 0.2) is 24.2 Å². The SMILES string of the molecule is C=C1CCC(c2ccc3nc[nH]c3c2)C(=O)N1.C=C1CCC(c2ccc3ocnc3c2)C(=O)N1.C=C1CNC(c2ccc3c(c2)C=CC3)C(=O)N1.C=C1CNC(c2ccc3c(c2)N=CC3)C(=O)N1.C=C1COC(c2ccc3c(c2)C=CC3)C(=O)N1.C=C1COC(c2ccc3c(c2)N=CC3)C(=O)N1.C=C1CSC(c2ccc3c(c2)C=CC3)C(=O)N1.C=C1CSC(c2ccc3c(c2)N=CC3)C(=O)N1. The lowest BCUT2D eigenvalue weighted by atomic mass is 9.90. The number of thioether (sulfide) groups is 2. The number of nitrogens with one attached hydrogen (secondary N) is 11. The van der Waals surface area contributed by atoms with Crippen LogP contribution in [0.4, 0.5) is 17.1 Å². The average molecular weight is 1850 g/mol. The molecule has 11 aliphatic heterocycles. The first-order valence-electron chi connectivity index (χ1n) is 44.8. The molecular formula is C107H102N16O11S2. The molecule has 27 nitrogen and oxygen atoms in total. The molecule has 2 aromatic heterocycles. The van der Waals surface area contributed by atoms with Gasteiger partial charge in [-0.15, -0.1) is 23.5 Å². The molecule has 8 amide bonds. The van der Waals surface area contributed by atoms with Crippen molar-refractivity contribution in [2.24, 2.45) is 15.0 Å². The van der Waals surface area contributed by atoms with Crippen molar-refractivity contribution in [3.05, 3.63) is 369 Å². The highest BCUT2D eigenvalue weighted by Crippen LogP contribution is 2.41. The van der Waals surface area contributed by atoms with E-state index in [2.05, 4.69) is 215 Å². The van der Waals surface area contributed by atoms with E-state index in [0.29, 0.717) is 43.4 Å². The van der Waals surface area contributed by atoms with Crippen LogP contribution in [0.3, 0.4) is 0 Å². The van der Waals surface area contributed by atoms with E-state index in [4.69, 9.17) is 13.9 Å². The van der Waals surface area contributed by atoms with Gasteiger partial charge in [-0.2, -0.15) is 0 Å². The van der Waals surface area contributed by atoms with Crippen LogP contribution in [0.25, 0.3) is 40.4 Å². The Hall–Kier alpha value is -14.9. The highest BCUT2D eigenvalue weighted by molar-refractivity contribution is 8.00. The fraction of sp³-hybridized carbons (Fsp3) is 0.224. The van der Waals surface area contributed by atoms with Gasteiger partial charge in [-0.05, 0) is 200 Å². The fourth-order valence-electron chi connectivity index (χ4n) is 17.5. The first-order valence-corrected chi connectivity index (χ1v) is 46.9. The normalized spacial score (nSPS) is 22.0. The summed E-state index contributed by atoms with van der Waals surface area (Å²) in [5.74, 6) is 1.14. The second-order valence-electron chi connectivity index (χ2n) is 34.5. The number of piperidine rings is 2. The topological polar surface area (TPSA) is 367 Å². The lowest BCUT2D eigenvalue weighted by Crippen LogP contribution is -2.45. The van der Waals surface area contributed by atoms with Crippen LogP contribution < -0.4 is 53.2 Å². The Labute approximate surface area is 795 Å². The van der Waals surface area contributed by atoms with Crippen LogP contribution in [0.15, 0.2) is 294 Å². The molecule has 3 aliphatic carbocycles. The zero-order chi connectivity index (χ0) is 94.6. The van der Waals surface area contributed by atoms with E-state index >= 15 is 0 Å². The number of ether oxygens (including phenoxy) is 2. The second kappa shape index (κ2) is 42.2. The number of carbonyl (C=O) groups excluding carboxylic acids is 8. The van der Waals surface area contributed by atoms with Gasteiger partial charge in [0.2, 0.25) is 35.4 Å². The number of imidazole rings is 1. The summed E-state index contributed by atoms with van der Waals surface area (Å²) in [5, 5.41) is 28.3. The maximum absolute atomic E-state index is 11.9. The third-order valence-electron chi connectivity index (χ3n) is 24.6. The Bertz CT molecular complexity index is 5940. The van der Waals surface area contributed by atoms with E-state index < -0.39 is 12.2 Å². The van der Waals surface area contributed by atoms with Crippen LogP contribution in [0.1, 0.15) is 167 Å². The summed E-state index contributed by atoms with van der Waals surface area (Å²) in [7, 11) is 0. The van der Waals surface area contributed by atoms with Gasteiger partial charge in [0.25, 0.3) is 11.8 Å². The van der Waals surface area contributed by atoms with Gasteiger partial charge < -0.3 is 61.4 Å². The third-order valence-corrected chi connectivity index (χ3v) is 27.2. The maximum atomic E-state index is 11.9. The van der Waals surface area contributed by atoms with Gasteiger partial charge in [-0.3, -0.25) is 64.0 Å². The summed E-state index contributed by atoms with van der Waals surface area (Å²) in [6.07, 6.45) is 29.4. The first-order chi connectivity index (χ1) is 65.9. The van der Waals surface area contributed by atoms with Crippen LogP contribution in [0, 0.1) is 0 Å². The zero-order valence-electron chi connectivity index (χ0n) is 74.8. The van der Waals surface area contributed by atoms with Crippen molar-refractivity contribution in [3.8, 4) is 0 Å². The number of amides is 8. The molecule has 0 bridgehead atoms. The largest absolute Gasteiger partial charge is 0.443 e. The van der Waals surface area contributed by atoms with E-state index in [1.54, 1.807) is 29.9 Å². The van der Waals surface area contributed by atoms with Crippen molar-refractivity contribution >= 4 is 147 Å². The number of aromatic amines is 1. The molecule has 8 unspecified atom stereocenters. The van der Waals surface area contributed by atoms with Crippen LogP contribution >= 0.6 is 23.5 Å². The van der Waals surface area contributed by atoms with E-state index in [0.717, 1.165) is 188 Å². The van der Waals surface area contributed by atoms with Gasteiger partial charge in [-0.25, -0.2) is 9.97 Å². The molecule has 24 rings (SSSR count). The molecule has 8 aromatic carbocycles. The van der Waals surface area contributed by atoms with Crippen molar-refractivity contribution < 1.29 is 52.2 Å². The van der Waals surface area contributed by atoms with E-state index in [-0.39, 0.29) is 81.7 Å². The quantitative estimate of drug-likeness (QED) is 0.0673.